The van der Waals surface area contributed by atoms with E-state index in [0.29, 0.717) is 55.2 Å². The van der Waals surface area contributed by atoms with Crippen LogP contribution in [0.4, 0.5) is 5.69 Å². The highest BCUT2D eigenvalue weighted by atomic mass is 16.5. The Hall–Kier alpha value is -4.61. The van der Waals surface area contributed by atoms with Crippen molar-refractivity contribution >= 4 is 35.3 Å². The van der Waals surface area contributed by atoms with E-state index in [1.54, 1.807) is 53.1 Å². The average molecular weight is 663 g/mol. The van der Waals surface area contributed by atoms with Gasteiger partial charge in [-0.15, -0.1) is 0 Å². The minimum Gasteiger partial charge on any atom is -0.493 e. The van der Waals surface area contributed by atoms with Gasteiger partial charge >= 0.3 is 5.97 Å². The van der Waals surface area contributed by atoms with E-state index in [2.05, 4.69) is 10.6 Å². The molecule has 2 aliphatic heterocycles. The molecule has 2 aromatic carbocycles. The van der Waals surface area contributed by atoms with Crippen LogP contribution in [0.5, 0.6) is 11.5 Å². The van der Waals surface area contributed by atoms with Gasteiger partial charge in [0, 0.05) is 56.8 Å². The monoisotopic (exact) mass is 662 g/mol. The molecule has 12 nitrogen and oxygen atoms in total. The van der Waals surface area contributed by atoms with E-state index in [1.807, 2.05) is 6.07 Å². The smallest absolute Gasteiger partial charge is 0.314 e. The second kappa shape index (κ2) is 16.0. The molecule has 1 atom stereocenters. The van der Waals surface area contributed by atoms with Gasteiger partial charge in [-0.2, -0.15) is 0 Å². The quantitative estimate of drug-likeness (QED) is 0.431. The molecule has 3 aliphatic rings. The molecule has 48 heavy (non-hydrogen) atoms. The summed E-state index contributed by atoms with van der Waals surface area (Å²) in [4.78, 5) is 68.7. The minimum absolute atomic E-state index is 0.0675. The molecule has 2 aromatic rings. The maximum absolute atomic E-state index is 13.6. The van der Waals surface area contributed by atoms with Crippen molar-refractivity contribution in [2.24, 2.45) is 11.3 Å². The topological polar surface area (TPSA) is 144 Å². The van der Waals surface area contributed by atoms with Crippen molar-refractivity contribution in [1.29, 1.82) is 0 Å². The summed E-state index contributed by atoms with van der Waals surface area (Å²) in [6, 6.07) is 12.3. The molecule has 2 bridgehead atoms. The third kappa shape index (κ3) is 8.84. The SMILES string of the molecule is CCOC(=O)C1(CC2CC2)CNC(=O)CCCN(C(=O)c2ccc(N3CCCC3=O)cc2)CCNC(=O)COc2cc(ccc2OC)C1. The summed E-state index contributed by atoms with van der Waals surface area (Å²) in [5.74, 6) is 0.0296. The third-order valence-corrected chi connectivity index (χ3v) is 9.16. The molecule has 2 heterocycles. The highest BCUT2D eigenvalue weighted by Gasteiger charge is 2.45. The largest absolute Gasteiger partial charge is 0.493 e. The molecule has 4 amide bonds. The van der Waals surface area contributed by atoms with Gasteiger partial charge in [-0.1, -0.05) is 18.9 Å². The van der Waals surface area contributed by atoms with Crippen LogP contribution in [-0.2, 0) is 30.3 Å². The van der Waals surface area contributed by atoms with Crippen LogP contribution in [0.3, 0.4) is 0 Å². The van der Waals surface area contributed by atoms with Gasteiger partial charge in [-0.3, -0.25) is 24.0 Å². The molecule has 258 valence electrons. The van der Waals surface area contributed by atoms with Crippen molar-refractivity contribution in [1.82, 2.24) is 15.5 Å². The normalized spacial score (nSPS) is 21.3. The maximum Gasteiger partial charge on any atom is 0.314 e. The molecule has 2 N–H and O–H groups in total. The van der Waals surface area contributed by atoms with E-state index in [4.69, 9.17) is 14.2 Å². The number of nitrogens with zero attached hydrogens (tertiary/aromatic N) is 2. The van der Waals surface area contributed by atoms with Crippen molar-refractivity contribution in [3.63, 3.8) is 0 Å². The molecule has 2 fully saturated rings. The number of hydrogen-bond donors (Lipinski definition) is 2. The van der Waals surface area contributed by atoms with Crippen molar-refractivity contribution in [3.8, 4) is 11.5 Å². The maximum atomic E-state index is 13.6. The third-order valence-electron chi connectivity index (χ3n) is 9.16. The second-order valence-corrected chi connectivity index (χ2v) is 12.8. The van der Waals surface area contributed by atoms with Crippen LogP contribution in [-0.4, -0.2) is 87.5 Å². The van der Waals surface area contributed by atoms with Gasteiger partial charge in [-0.05, 0) is 80.5 Å². The second-order valence-electron chi connectivity index (χ2n) is 12.8. The van der Waals surface area contributed by atoms with E-state index < -0.39 is 5.41 Å². The van der Waals surface area contributed by atoms with Crippen molar-refractivity contribution in [2.75, 3.05) is 57.9 Å². The van der Waals surface area contributed by atoms with Crippen LogP contribution < -0.4 is 25.0 Å². The lowest BCUT2D eigenvalue weighted by Gasteiger charge is -2.32. The number of nitrogens with one attached hydrogen (secondary N) is 2. The Morgan fingerprint density at radius 3 is 2.42 bits per heavy atom. The molecular formula is C36H46N4O8. The zero-order chi connectivity index (χ0) is 34.1. The number of hydrogen-bond acceptors (Lipinski definition) is 8. The van der Waals surface area contributed by atoms with Crippen molar-refractivity contribution < 1.29 is 38.2 Å². The number of fused-ring (bicyclic) bond motifs is 2. The Labute approximate surface area is 281 Å². The van der Waals surface area contributed by atoms with E-state index >= 15 is 0 Å². The lowest BCUT2D eigenvalue weighted by atomic mass is 9.76. The summed E-state index contributed by atoms with van der Waals surface area (Å²) >= 11 is 0. The standard InChI is InChI=1S/C36H46N4O8/c1-3-47-35(45)36(21-25-8-9-25)22-26-10-15-29(46-2)30(20-26)48-23-32(42)37-16-19-39(17-4-6-31(41)38-24-36)34(44)27-11-13-28(14-12-27)40-18-5-7-33(40)43/h10-15,20,25H,3-9,16-19,21-24H2,1-2H3,(H,37,42)(H,38,41). The summed E-state index contributed by atoms with van der Waals surface area (Å²) in [5, 5.41) is 5.83. The Balaban J connectivity index is 1.36. The summed E-state index contributed by atoms with van der Waals surface area (Å²) in [6.07, 6.45) is 4.77. The first-order valence-electron chi connectivity index (χ1n) is 16.9. The lowest BCUT2D eigenvalue weighted by Crippen LogP contribution is -2.46. The molecule has 1 unspecified atom stereocenters. The lowest BCUT2D eigenvalue weighted by molar-refractivity contribution is -0.156. The summed E-state index contributed by atoms with van der Waals surface area (Å²) in [7, 11) is 1.51. The average Bonchev–Trinajstić information content (AvgIpc) is 3.80. The van der Waals surface area contributed by atoms with Crippen LogP contribution in [0.2, 0.25) is 0 Å². The number of anilines is 1. The van der Waals surface area contributed by atoms with E-state index in [0.717, 1.165) is 30.5 Å². The van der Waals surface area contributed by atoms with Gasteiger partial charge in [0.2, 0.25) is 11.8 Å². The zero-order valence-electron chi connectivity index (χ0n) is 27.9. The highest BCUT2D eigenvalue weighted by Crippen LogP contribution is 2.43. The van der Waals surface area contributed by atoms with Gasteiger partial charge < -0.3 is 34.6 Å². The first kappa shape index (κ1) is 34.7. The van der Waals surface area contributed by atoms with Gasteiger partial charge in [0.15, 0.2) is 18.1 Å². The Kier molecular flexibility index (Phi) is 11.6. The number of ether oxygens (including phenoxy) is 3. The zero-order valence-corrected chi connectivity index (χ0v) is 27.9. The molecule has 1 aliphatic carbocycles. The van der Waals surface area contributed by atoms with Gasteiger partial charge in [-0.25, -0.2) is 0 Å². The number of carbonyl (C=O) groups is 5. The number of amides is 4. The first-order valence-corrected chi connectivity index (χ1v) is 16.9. The fourth-order valence-corrected chi connectivity index (χ4v) is 6.44. The predicted octanol–water partition coefficient (Wildman–Crippen LogP) is 3.26. The van der Waals surface area contributed by atoms with E-state index in [1.165, 1.54) is 7.11 Å². The Morgan fingerprint density at radius 2 is 1.73 bits per heavy atom. The Morgan fingerprint density at radius 1 is 0.958 bits per heavy atom. The van der Waals surface area contributed by atoms with Crippen molar-refractivity contribution in [2.45, 2.75) is 58.3 Å². The van der Waals surface area contributed by atoms with Crippen LogP contribution in [0.25, 0.3) is 0 Å². The van der Waals surface area contributed by atoms with Gasteiger partial charge in [0.1, 0.15) is 0 Å². The highest BCUT2D eigenvalue weighted by molar-refractivity contribution is 5.97. The first-order chi connectivity index (χ1) is 23.2. The molecule has 1 saturated heterocycles. The van der Waals surface area contributed by atoms with Crippen LogP contribution in [0, 0.1) is 11.3 Å². The summed E-state index contributed by atoms with van der Waals surface area (Å²) in [5.41, 5.74) is 0.998. The molecule has 0 spiro atoms. The van der Waals surface area contributed by atoms with Crippen LogP contribution in [0.1, 0.15) is 67.8 Å². The number of benzene rings is 2. The molecule has 12 heteroatoms. The molecular weight excluding hydrogens is 616 g/mol. The van der Waals surface area contributed by atoms with Crippen LogP contribution in [0.15, 0.2) is 42.5 Å². The van der Waals surface area contributed by atoms with E-state index in [9.17, 15) is 24.0 Å². The fraction of sp³-hybridized carbons (Fsp3) is 0.528. The number of methoxy groups -OCH3 is 1. The number of carbonyl (C=O) groups excluding carboxylic acids is 5. The van der Waals surface area contributed by atoms with Gasteiger partial charge in [0.25, 0.3) is 11.8 Å². The van der Waals surface area contributed by atoms with Crippen LogP contribution >= 0.6 is 0 Å². The van der Waals surface area contributed by atoms with E-state index in [-0.39, 0.29) is 75.4 Å². The number of rotatable bonds is 7. The molecule has 5 rings (SSSR count). The summed E-state index contributed by atoms with van der Waals surface area (Å²) in [6.45, 7) is 3.15. The molecule has 0 radical (unpaired) electrons. The number of esters is 1. The Bertz CT molecular complexity index is 1490. The van der Waals surface area contributed by atoms with Crippen molar-refractivity contribution in [3.05, 3.63) is 53.6 Å². The molecule has 0 aromatic heterocycles. The molecule has 1 saturated carbocycles. The van der Waals surface area contributed by atoms with Gasteiger partial charge in [0.05, 0.1) is 19.1 Å². The predicted molar refractivity (Wildman–Crippen MR) is 178 cm³/mol. The fourth-order valence-electron chi connectivity index (χ4n) is 6.44. The summed E-state index contributed by atoms with van der Waals surface area (Å²) < 4.78 is 16.9. The minimum atomic E-state index is -0.991.